The van der Waals surface area contributed by atoms with Gasteiger partial charge in [0, 0.05) is 0 Å². The smallest absolute Gasteiger partial charge is 0.478 e. The number of aromatic carboxylic acids is 1. The van der Waals surface area contributed by atoms with E-state index in [0.29, 0.717) is 11.3 Å². The Morgan fingerprint density at radius 1 is 0.950 bits per heavy atom. The fourth-order valence-corrected chi connectivity index (χ4v) is 1.65. The van der Waals surface area contributed by atoms with Crippen LogP contribution < -0.4 is 9.47 Å². The van der Waals surface area contributed by atoms with Crippen molar-refractivity contribution in [1.29, 1.82) is 0 Å². The molecule has 0 heterocycles. The zero-order valence-corrected chi connectivity index (χ0v) is 10.7. The molecule has 2 aromatic rings. The Kier molecular flexibility index (Phi) is 4.00. The Morgan fingerprint density at radius 3 is 2.30 bits per heavy atom. The van der Waals surface area contributed by atoms with E-state index in [1.54, 1.807) is 49.4 Å². The number of benzene rings is 2. The van der Waals surface area contributed by atoms with Gasteiger partial charge in [0.1, 0.15) is 11.3 Å². The number of hydrogen-bond donors (Lipinski definition) is 1. The third-order valence-electron chi connectivity index (χ3n) is 2.57. The van der Waals surface area contributed by atoms with Crippen LogP contribution in [0.25, 0.3) is 0 Å². The molecule has 0 saturated carbocycles. The van der Waals surface area contributed by atoms with Crippen molar-refractivity contribution >= 4 is 12.1 Å². The normalized spacial score (nSPS) is 9.85. The highest BCUT2D eigenvalue weighted by Gasteiger charge is 2.17. The van der Waals surface area contributed by atoms with Crippen LogP contribution in [-0.2, 0) is 0 Å². The quantitative estimate of drug-likeness (QED) is 0.685. The maximum Gasteiger partial charge on any atom is 0.519 e. The first-order chi connectivity index (χ1) is 9.58. The van der Waals surface area contributed by atoms with Crippen LogP contribution in [0.2, 0.25) is 0 Å². The molecule has 2 rings (SSSR count). The number of hydrogen-bond acceptors (Lipinski definition) is 4. The van der Waals surface area contributed by atoms with Gasteiger partial charge in [0.2, 0.25) is 0 Å². The summed E-state index contributed by atoms with van der Waals surface area (Å²) in [6, 6.07) is 13.0. The van der Waals surface area contributed by atoms with Crippen molar-refractivity contribution in [3.63, 3.8) is 0 Å². The average molecular weight is 272 g/mol. The van der Waals surface area contributed by atoms with E-state index >= 15 is 0 Å². The van der Waals surface area contributed by atoms with Crippen LogP contribution in [0.5, 0.6) is 11.5 Å². The number of carbonyl (C=O) groups is 2. The van der Waals surface area contributed by atoms with Gasteiger partial charge >= 0.3 is 12.1 Å². The topological polar surface area (TPSA) is 72.8 Å². The van der Waals surface area contributed by atoms with Gasteiger partial charge in [-0.3, -0.25) is 0 Å². The first-order valence-electron chi connectivity index (χ1n) is 5.85. The van der Waals surface area contributed by atoms with E-state index in [-0.39, 0.29) is 11.3 Å². The van der Waals surface area contributed by atoms with Gasteiger partial charge in [-0.05, 0) is 30.7 Å². The van der Waals surface area contributed by atoms with Crippen molar-refractivity contribution in [3.8, 4) is 11.5 Å². The molecular formula is C15H12O5. The monoisotopic (exact) mass is 272 g/mol. The summed E-state index contributed by atoms with van der Waals surface area (Å²) >= 11 is 0. The molecule has 0 atom stereocenters. The van der Waals surface area contributed by atoms with Crippen molar-refractivity contribution in [2.45, 2.75) is 6.92 Å². The summed E-state index contributed by atoms with van der Waals surface area (Å²) in [7, 11) is 0. The van der Waals surface area contributed by atoms with Crippen LogP contribution in [0.4, 0.5) is 4.79 Å². The van der Waals surface area contributed by atoms with E-state index in [0.717, 1.165) is 0 Å². The Morgan fingerprint density at radius 2 is 1.65 bits per heavy atom. The zero-order valence-electron chi connectivity index (χ0n) is 10.7. The molecule has 0 radical (unpaired) electrons. The summed E-state index contributed by atoms with van der Waals surface area (Å²) < 4.78 is 9.95. The molecule has 1 N–H and O–H groups in total. The van der Waals surface area contributed by atoms with Crippen LogP contribution in [0.3, 0.4) is 0 Å². The Hall–Kier alpha value is -2.82. The number of ether oxygens (including phenoxy) is 2. The molecule has 0 aliphatic heterocycles. The van der Waals surface area contributed by atoms with Gasteiger partial charge in [-0.2, -0.15) is 0 Å². The highest BCUT2D eigenvalue weighted by atomic mass is 16.7. The van der Waals surface area contributed by atoms with E-state index in [1.807, 2.05) is 0 Å². The van der Waals surface area contributed by atoms with Crippen LogP contribution in [0.15, 0.2) is 48.5 Å². The van der Waals surface area contributed by atoms with Crippen molar-refractivity contribution in [2.75, 3.05) is 0 Å². The van der Waals surface area contributed by atoms with Crippen molar-refractivity contribution in [3.05, 3.63) is 59.7 Å². The van der Waals surface area contributed by atoms with Crippen LogP contribution >= 0.6 is 0 Å². The van der Waals surface area contributed by atoms with E-state index < -0.39 is 12.1 Å². The Balaban J connectivity index is 2.18. The van der Waals surface area contributed by atoms with Gasteiger partial charge in [0.25, 0.3) is 0 Å². The van der Waals surface area contributed by atoms with Gasteiger partial charge in [0.15, 0.2) is 5.75 Å². The molecule has 0 aliphatic rings. The predicted molar refractivity (Wildman–Crippen MR) is 71.2 cm³/mol. The third kappa shape index (κ3) is 3.14. The second-order valence-corrected chi connectivity index (χ2v) is 4.02. The van der Waals surface area contributed by atoms with E-state index in [2.05, 4.69) is 0 Å². The number of carboxylic acids is 1. The molecule has 5 heteroatoms. The van der Waals surface area contributed by atoms with Crippen molar-refractivity contribution < 1.29 is 24.2 Å². The average Bonchev–Trinajstić information content (AvgIpc) is 2.42. The van der Waals surface area contributed by atoms with Crippen LogP contribution in [0, 0.1) is 6.92 Å². The standard InChI is InChI=1S/C15H12O5/c1-10-6-5-9-12(14(16)17)13(10)20-15(18)19-11-7-3-2-4-8-11/h2-9H,1H3,(H,16,17). The maximum absolute atomic E-state index is 11.7. The Bertz CT molecular complexity index is 634. The van der Waals surface area contributed by atoms with Crippen molar-refractivity contribution in [2.24, 2.45) is 0 Å². The molecule has 0 saturated heterocycles. The van der Waals surface area contributed by atoms with Gasteiger partial charge in [-0.1, -0.05) is 30.3 Å². The predicted octanol–water partition coefficient (Wildman–Crippen LogP) is 3.27. The summed E-state index contributed by atoms with van der Waals surface area (Å²) in [4.78, 5) is 22.8. The number of carbonyl (C=O) groups excluding carboxylic acids is 1. The third-order valence-corrected chi connectivity index (χ3v) is 2.57. The van der Waals surface area contributed by atoms with E-state index in [4.69, 9.17) is 14.6 Å². The molecule has 0 amide bonds. The molecule has 0 fully saturated rings. The molecule has 0 unspecified atom stereocenters. The fourth-order valence-electron chi connectivity index (χ4n) is 1.65. The SMILES string of the molecule is Cc1cccc(C(=O)O)c1OC(=O)Oc1ccccc1. The molecule has 20 heavy (non-hydrogen) atoms. The van der Waals surface area contributed by atoms with Gasteiger partial charge in [-0.25, -0.2) is 9.59 Å². The minimum Gasteiger partial charge on any atom is -0.478 e. The minimum atomic E-state index is -1.17. The molecule has 2 aromatic carbocycles. The minimum absolute atomic E-state index is 0.0130. The lowest BCUT2D eigenvalue weighted by atomic mass is 10.1. The van der Waals surface area contributed by atoms with Crippen molar-refractivity contribution in [1.82, 2.24) is 0 Å². The number of para-hydroxylation sites is 2. The first-order valence-corrected chi connectivity index (χ1v) is 5.85. The van der Waals surface area contributed by atoms with E-state index in [9.17, 15) is 9.59 Å². The highest BCUT2D eigenvalue weighted by molar-refractivity contribution is 5.92. The maximum atomic E-state index is 11.7. The molecule has 102 valence electrons. The summed E-state index contributed by atoms with van der Waals surface area (Å²) in [6.45, 7) is 1.65. The van der Waals surface area contributed by atoms with Gasteiger partial charge in [0.05, 0.1) is 0 Å². The summed E-state index contributed by atoms with van der Waals surface area (Å²) in [5.41, 5.74) is 0.449. The van der Waals surface area contributed by atoms with Crippen LogP contribution in [-0.4, -0.2) is 17.2 Å². The first kappa shape index (κ1) is 13.6. The largest absolute Gasteiger partial charge is 0.519 e. The summed E-state index contributed by atoms with van der Waals surface area (Å²) in [6.07, 6.45) is -0.979. The number of carboxylic acid groups (broad SMARTS) is 1. The molecule has 0 bridgehead atoms. The Labute approximate surface area is 115 Å². The lowest BCUT2D eigenvalue weighted by molar-refractivity contribution is 0.0693. The lowest BCUT2D eigenvalue weighted by Crippen LogP contribution is -2.16. The summed E-state index contributed by atoms with van der Waals surface area (Å²) in [5.74, 6) is -0.861. The fraction of sp³-hybridized carbons (Fsp3) is 0.0667. The number of rotatable bonds is 3. The molecule has 0 aromatic heterocycles. The molecule has 0 aliphatic carbocycles. The highest BCUT2D eigenvalue weighted by Crippen LogP contribution is 2.24. The molecule has 5 nitrogen and oxygen atoms in total. The molecular weight excluding hydrogens is 260 g/mol. The van der Waals surface area contributed by atoms with Gasteiger partial charge in [-0.15, -0.1) is 0 Å². The lowest BCUT2D eigenvalue weighted by Gasteiger charge is -2.10. The van der Waals surface area contributed by atoms with Gasteiger partial charge < -0.3 is 14.6 Å². The zero-order chi connectivity index (χ0) is 14.5. The van der Waals surface area contributed by atoms with Crippen LogP contribution in [0.1, 0.15) is 15.9 Å². The van der Waals surface area contributed by atoms with E-state index in [1.165, 1.54) is 6.07 Å². The molecule has 0 spiro atoms. The second kappa shape index (κ2) is 5.88. The summed E-state index contributed by atoms with van der Waals surface area (Å²) in [5, 5.41) is 9.06. The number of aryl methyl sites for hydroxylation is 1. The second-order valence-electron chi connectivity index (χ2n) is 4.02.